The Morgan fingerprint density at radius 1 is 0.886 bits per heavy atom. The molecule has 5 aromatic rings. The molecule has 0 saturated carbocycles. The number of ether oxygens (including phenoxy) is 2. The Morgan fingerprint density at radius 2 is 1.64 bits per heavy atom. The number of aromatic nitrogens is 6. The number of hydrogen-bond acceptors (Lipinski definition) is 6. The van der Waals surface area contributed by atoms with E-state index in [1.54, 1.807) is 0 Å². The third-order valence-electron chi connectivity index (χ3n) is 7.28. The van der Waals surface area contributed by atoms with Gasteiger partial charge in [-0.3, -0.25) is 9.67 Å². The Kier molecular flexibility index (Phi) is 15.7. The zero-order valence-electron chi connectivity index (χ0n) is 26.1. The minimum atomic E-state index is 0. The SMILES string of the molecule is Cc1c(-c2cn(CCCOCCCc3ccc[n+](CCCOCCCc4cccnc4)c3)nn2)c[c-]c2cccnc12.[CH3-].[Y]. The summed E-state index contributed by atoms with van der Waals surface area (Å²) in [6, 6.07) is 17.7. The van der Waals surface area contributed by atoms with Crippen molar-refractivity contribution in [1.82, 2.24) is 25.0 Å². The molecule has 0 spiro atoms. The minimum absolute atomic E-state index is 0. The van der Waals surface area contributed by atoms with Crippen LogP contribution in [0.1, 0.15) is 42.4 Å². The number of hydrogen-bond donors (Lipinski definition) is 0. The van der Waals surface area contributed by atoms with Crippen molar-refractivity contribution in [3.05, 3.63) is 110 Å². The van der Waals surface area contributed by atoms with Gasteiger partial charge in [-0.15, -0.1) is 28.7 Å². The van der Waals surface area contributed by atoms with Gasteiger partial charge in [0, 0.05) is 102 Å². The van der Waals surface area contributed by atoms with Gasteiger partial charge in [-0.2, -0.15) is 0 Å². The molecule has 44 heavy (non-hydrogen) atoms. The van der Waals surface area contributed by atoms with E-state index in [1.165, 1.54) is 11.1 Å². The van der Waals surface area contributed by atoms with Crippen molar-refractivity contribution >= 4 is 10.9 Å². The topological polar surface area (TPSA) is 78.8 Å². The molecule has 0 aliphatic carbocycles. The van der Waals surface area contributed by atoms with Crippen LogP contribution in [-0.2, 0) is 68.1 Å². The first-order chi connectivity index (χ1) is 20.8. The number of benzene rings is 1. The van der Waals surface area contributed by atoms with Crippen molar-refractivity contribution in [2.75, 3.05) is 26.4 Å². The van der Waals surface area contributed by atoms with E-state index in [4.69, 9.17) is 9.47 Å². The van der Waals surface area contributed by atoms with Gasteiger partial charge in [0.1, 0.15) is 0 Å². The molecule has 5 rings (SSSR count). The summed E-state index contributed by atoms with van der Waals surface area (Å²) in [4.78, 5) is 8.66. The maximum Gasteiger partial charge on any atom is 0.171 e. The van der Waals surface area contributed by atoms with Crippen molar-refractivity contribution in [3.8, 4) is 11.3 Å². The summed E-state index contributed by atoms with van der Waals surface area (Å²) in [5.41, 5.74) is 6.53. The smallest absolute Gasteiger partial charge is 0.171 e. The molecule has 0 atom stereocenters. The molecule has 0 amide bonds. The molecular formula is C35H43N6O2Y-. The van der Waals surface area contributed by atoms with Gasteiger partial charge in [0.05, 0.1) is 12.3 Å². The molecule has 1 aromatic carbocycles. The molecule has 0 aliphatic rings. The molecule has 0 fully saturated rings. The zero-order chi connectivity index (χ0) is 28.8. The van der Waals surface area contributed by atoms with Gasteiger partial charge < -0.3 is 21.9 Å². The first-order valence-electron chi connectivity index (χ1n) is 15.0. The van der Waals surface area contributed by atoms with Crippen LogP contribution in [0.4, 0.5) is 0 Å². The molecule has 0 N–H and O–H groups in total. The Morgan fingerprint density at radius 3 is 2.45 bits per heavy atom. The number of fused-ring (bicyclic) bond motifs is 1. The van der Waals surface area contributed by atoms with Gasteiger partial charge in [0.15, 0.2) is 18.9 Å². The van der Waals surface area contributed by atoms with Gasteiger partial charge in [0.2, 0.25) is 0 Å². The average molecular weight is 669 g/mol. The molecule has 8 nitrogen and oxygen atoms in total. The van der Waals surface area contributed by atoms with Crippen LogP contribution < -0.4 is 4.57 Å². The van der Waals surface area contributed by atoms with Crippen molar-refractivity contribution in [3.63, 3.8) is 0 Å². The number of rotatable bonds is 17. The zero-order valence-corrected chi connectivity index (χ0v) is 28.9. The van der Waals surface area contributed by atoms with Crippen LogP contribution in [0.5, 0.6) is 0 Å². The predicted molar refractivity (Wildman–Crippen MR) is 169 cm³/mol. The van der Waals surface area contributed by atoms with E-state index >= 15 is 0 Å². The Bertz CT molecular complexity index is 1530. The molecule has 229 valence electrons. The molecule has 9 heteroatoms. The predicted octanol–water partition coefficient (Wildman–Crippen LogP) is 5.81. The van der Waals surface area contributed by atoms with Crippen LogP contribution in [0.2, 0.25) is 0 Å². The van der Waals surface area contributed by atoms with E-state index in [2.05, 4.69) is 68.4 Å². The molecule has 4 aromatic heterocycles. The second-order valence-corrected chi connectivity index (χ2v) is 10.5. The summed E-state index contributed by atoms with van der Waals surface area (Å²) < 4.78 is 15.9. The standard InChI is InChI=1S/C34H40N6O2.CH3.Y/c1-28-32(15-14-31-13-3-17-36-34(28)31)33-27-40(38-37-33)20-8-24-42-22-6-12-30-10-4-18-39(26-30)19-7-23-41-21-5-11-29-9-2-16-35-25-29;;/h2-4,9-10,13,15-18,25-27H,5-8,11-12,19-24H2,1H3;1H3;/q;-1;. The second kappa shape index (κ2) is 19.5. The molecule has 1 radical (unpaired) electrons. The molecule has 0 aliphatic heterocycles. The fourth-order valence-electron chi connectivity index (χ4n) is 5.05. The van der Waals surface area contributed by atoms with Gasteiger partial charge in [0.25, 0.3) is 0 Å². The van der Waals surface area contributed by atoms with Gasteiger partial charge in [-0.05, 0) is 55.3 Å². The first kappa shape index (κ1) is 35.6. The Labute approximate surface area is 287 Å². The van der Waals surface area contributed by atoms with Crippen LogP contribution in [0.25, 0.3) is 22.2 Å². The van der Waals surface area contributed by atoms with Gasteiger partial charge in [-0.25, -0.2) is 4.57 Å². The third kappa shape index (κ3) is 10.9. The fourth-order valence-corrected chi connectivity index (χ4v) is 5.05. The Balaban J connectivity index is 0.00000264. The molecular weight excluding hydrogens is 625 g/mol. The normalized spacial score (nSPS) is 10.8. The van der Waals surface area contributed by atoms with E-state index in [0.717, 1.165) is 99.2 Å². The molecule has 0 saturated heterocycles. The van der Waals surface area contributed by atoms with Crippen LogP contribution in [0.15, 0.2) is 79.6 Å². The quantitative estimate of drug-likeness (QED) is 0.0708. The van der Waals surface area contributed by atoms with Gasteiger partial charge >= 0.3 is 0 Å². The van der Waals surface area contributed by atoms with Crippen molar-refractivity contribution in [1.29, 1.82) is 0 Å². The Hall–Kier alpha value is -2.91. The van der Waals surface area contributed by atoms with E-state index in [0.29, 0.717) is 6.61 Å². The molecule has 4 heterocycles. The second-order valence-electron chi connectivity index (χ2n) is 10.5. The van der Waals surface area contributed by atoms with E-state index in [-0.39, 0.29) is 40.1 Å². The van der Waals surface area contributed by atoms with Crippen molar-refractivity contribution in [2.45, 2.75) is 58.5 Å². The summed E-state index contributed by atoms with van der Waals surface area (Å²) in [6.07, 6.45) is 17.9. The van der Waals surface area contributed by atoms with E-state index < -0.39 is 0 Å². The monoisotopic (exact) mass is 668 g/mol. The number of pyridine rings is 3. The van der Waals surface area contributed by atoms with Crippen LogP contribution in [0.3, 0.4) is 0 Å². The maximum atomic E-state index is 5.90. The summed E-state index contributed by atoms with van der Waals surface area (Å²) >= 11 is 0. The average Bonchev–Trinajstić information content (AvgIpc) is 3.50. The van der Waals surface area contributed by atoms with Crippen molar-refractivity contribution < 1.29 is 46.7 Å². The van der Waals surface area contributed by atoms with Crippen LogP contribution in [0, 0.1) is 20.4 Å². The molecule has 0 bridgehead atoms. The summed E-state index contributed by atoms with van der Waals surface area (Å²) in [5, 5.41) is 9.71. The third-order valence-corrected chi connectivity index (χ3v) is 7.28. The first-order valence-corrected chi connectivity index (χ1v) is 15.0. The summed E-state index contributed by atoms with van der Waals surface area (Å²) in [5.74, 6) is 0. The maximum absolute atomic E-state index is 5.90. The number of aryl methyl sites for hydroxylation is 5. The van der Waals surface area contributed by atoms with Gasteiger partial charge in [-0.1, -0.05) is 35.4 Å². The largest absolute Gasteiger partial charge is 0.381 e. The van der Waals surface area contributed by atoms with Crippen molar-refractivity contribution in [2.24, 2.45) is 0 Å². The number of nitrogens with zero attached hydrogens (tertiary/aromatic N) is 6. The van der Waals surface area contributed by atoms with E-state index in [1.807, 2.05) is 53.7 Å². The van der Waals surface area contributed by atoms with Crippen LogP contribution >= 0.6 is 0 Å². The van der Waals surface area contributed by atoms with Crippen LogP contribution in [-0.4, -0.2) is 51.4 Å². The minimum Gasteiger partial charge on any atom is -0.381 e. The summed E-state index contributed by atoms with van der Waals surface area (Å²) in [6.45, 7) is 6.85. The molecule has 0 unspecified atom stereocenters. The fraction of sp³-hybridized carbons (Fsp3) is 0.371. The van der Waals surface area contributed by atoms with E-state index in [9.17, 15) is 0 Å². The summed E-state index contributed by atoms with van der Waals surface area (Å²) in [7, 11) is 0.